The molecule has 1 fully saturated rings. The average molecular weight is 404 g/mol. The zero-order valence-electron chi connectivity index (χ0n) is 17.5. The first-order valence-electron chi connectivity index (χ1n) is 10.7. The molecule has 6 heteroatoms. The Balaban J connectivity index is 1.26. The van der Waals surface area contributed by atoms with Crippen LogP contribution in [0.15, 0.2) is 61.1 Å². The third-order valence-corrected chi connectivity index (χ3v) is 5.92. The molecule has 30 heavy (non-hydrogen) atoms. The van der Waals surface area contributed by atoms with Crippen LogP contribution in [0.4, 0.5) is 4.79 Å². The molecule has 156 valence electrons. The smallest absolute Gasteiger partial charge is 0.317 e. The minimum absolute atomic E-state index is 0.0432. The lowest BCUT2D eigenvalue weighted by Crippen LogP contribution is -2.44. The quantitative estimate of drug-likeness (QED) is 0.669. The van der Waals surface area contributed by atoms with Gasteiger partial charge in [0.15, 0.2) is 0 Å². The third-order valence-electron chi connectivity index (χ3n) is 5.92. The van der Waals surface area contributed by atoms with E-state index in [1.165, 1.54) is 5.69 Å². The van der Waals surface area contributed by atoms with Crippen LogP contribution in [-0.4, -0.2) is 38.6 Å². The van der Waals surface area contributed by atoms with Crippen molar-refractivity contribution in [2.24, 2.45) is 5.92 Å². The number of piperidine rings is 1. The lowest BCUT2D eigenvalue weighted by molar-refractivity contribution is 0.166. The van der Waals surface area contributed by atoms with Crippen molar-refractivity contribution < 1.29 is 4.79 Å². The normalized spacial score (nSPS) is 14.6. The minimum Gasteiger partial charge on any atom is -0.334 e. The molecule has 1 saturated heterocycles. The summed E-state index contributed by atoms with van der Waals surface area (Å²) in [6, 6.07) is 14.1. The molecular weight excluding hydrogens is 374 g/mol. The highest BCUT2D eigenvalue weighted by atomic mass is 16.2. The molecule has 2 aromatic heterocycles. The molecule has 0 radical (unpaired) electrons. The number of rotatable bonds is 6. The first-order chi connectivity index (χ1) is 14.7. The summed E-state index contributed by atoms with van der Waals surface area (Å²) in [4.78, 5) is 23.2. The van der Waals surface area contributed by atoms with Crippen molar-refractivity contribution in [2.45, 2.75) is 39.3 Å². The van der Waals surface area contributed by atoms with Crippen molar-refractivity contribution in [1.29, 1.82) is 0 Å². The summed E-state index contributed by atoms with van der Waals surface area (Å²) in [5.41, 5.74) is 3.35. The maximum atomic E-state index is 12.5. The fourth-order valence-corrected chi connectivity index (χ4v) is 4.09. The highest BCUT2D eigenvalue weighted by Crippen LogP contribution is 2.24. The molecule has 3 heterocycles. The number of amides is 2. The van der Waals surface area contributed by atoms with E-state index >= 15 is 0 Å². The van der Waals surface area contributed by atoms with Crippen LogP contribution in [-0.2, 0) is 13.1 Å². The maximum absolute atomic E-state index is 12.5. The summed E-state index contributed by atoms with van der Waals surface area (Å²) in [6.45, 7) is 5.28. The first-order valence-corrected chi connectivity index (χ1v) is 10.7. The summed E-state index contributed by atoms with van der Waals surface area (Å²) in [7, 11) is 0. The van der Waals surface area contributed by atoms with Crippen molar-refractivity contribution in [2.75, 3.05) is 13.1 Å². The van der Waals surface area contributed by atoms with Crippen molar-refractivity contribution >= 4 is 6.03 Å². The lowest BCUT2D eigenvalue weighted by Gasteiger charge is -2.32. The minimum atomic E-state index is 0.0432. The number of carbonyl (C=O) groups excluding carboxylic acids is 1. The van der Waals surface area contributed by atoms with Gasteiger partial charge in [0.2, 0.25) is 0 Å². The summed E-state index contributed by atoms with van der Waals surface area (Å²) in [5, 5.41) is 3.04. The van der Waals surface area contributed by atoms with Crippen molar-refractivity contribution in [3.63, 3.8) is 0 Å². The number of likely N-dealkylation sites (tertiary alicyclic amines) is 1. The van der Waals surface area contributed by atoms with Gasteiger partial charge in [0.05, 0.1) is 0 Å². The van der Waals surface area contributed by atoms with Gasteiger partial charge in [0, 0.05) is 56.0 Å². The van der Waals surface area contributed by atoms with Crippen LogP contribution in [0.1, 0.15) is 30.5 Å². The summed E-state index contributed by atoms with van der Waals surface area (Å²) in [5.74, 6) is 1.62. The highest BCUT2D eigenvalue weighted by Gasteiger charge is 2.23. The van der Waals surface area contributed by atoms with E-state index in [2.05, 4.69) is 32.8 Å². The highest BCUT2D eigenvalue weighted by molar-refractivity contribution is 5.74. The Bertz CT molecular complexity index is 946. The predicted molar refractivity (Wildman–Crippen MR) is 118 cm³/mol. The standard InChI is InChI=1S/C24H29N5O/c1-19-16-26-23(22-8-5-12-25-18-22)29(19)15-11-20-9-13-28(14-10-20)24(30)27-17-21-6-3-2-4-7-21/h2-8,12,16,18,20H,9-11,13-15,17H2,1H3,(H,27,30). The van der Waals surface area contributed by atoms with Crippen LogP contribution in [0.2, 0.25) is 0 Å². The Morgan fingerprint density at radius 3 is 2.63 bits per heavy atom. The number of hydrogen-bond acceptors (Lipinski definition) is 3. The SMILES string of the molecule is Cc1cnc(-c2cccnc2)n1CCC1CCN(C(=O)NCc2ccccc2)CC1. The van der Waals surface area contributed by atoms with Gasteiger partial charge in [-0.25, -0.2) is 9.78 Å². The second-order valence-electron chi connectivity index (χ2n) is 7.98. The molecular formula is C24H29N5O. The Morgan fingerprint density at radius 2 is 1.90 bits per heavy atom. The van der Waals surface area contributed by atoms with Gasteiger partial charge in [-0.15, -0.1) is 0 Å². The summed E-state index contributed by atoms with van der Waals surface area (Å²) < 4.78 is 2.29. The maximum Gasteiger partial charge on any atom is 0.317 e. The number of aryl methyl sites for hydroxylation is 1. The Morgan fingerprint density at radius 1 is 1.10 bits per heavy atom. The fourth-order valence-electron chi connectivity index (χ4n) is 4.09. The molecule has 1 aliphatic heterocycles. The monoisotopic (exact) mass is 403 g/mol. The van der Waals surface area contributed by atoms with Gasteiger partial charge in [0.25, 0.3) is 0 Å². The molecule has 0 aliphatic carbocycles. The predicted octanol–water partition coefficient (Wildman–Crippen LogP) is 4.27. The zero-order valence-corrected chi connectivity index (χ0v) is 17.5. The number of carbonyl (C=O) groups is 1. The molecule has 0 bridgehead atoms. The van der Waals surface area contributed by atoms with Crippen molar-refractivity contribution in [3.05, 3.63) is 72.3 Å². The molecule has 0 unspecified atom stereocenters. The number of imidazole rings is 1. The molecule has 1 aliphatic rings. The van der Waals surface area contributed by atoms with Crippen molar-refractivity contribution in [3.8, 4) is 11.4 Å². The van der Waals surface area contributed by atoms with Gasteiger partial charge in [-0.3, -0.25) is 4.98 Å². The van der Waals surface area contributed by atoms with Gasteiger partial charge in [-0.05, 0) is 49.8 Å². The number of aromatic nitrogens is 3. The first kappa shape index (κ1) is 20.1. The largest absolute Gasteiger partial charge is 0.334 e. The van der Waals surface area contributed by atoms with E-state index in [-0.39, 0.29) is 6.03 Å². The molecule has 0 saturated carbocycles. The van der Waals surface area contributed by atoms with Crippen LogP contribution >= 0.6 is 0 Å². The van der Waals surface area contributed by atoms with Crippen LogP contribution in [0.25, 0.3) is 11.4 Å². The molecule has 4 rings (SSSR count). The van der Waals surface area contributed by atoms with Gasteiger partial charge in [-0.1, -0.05) is 30.3 Å². The molecule has 1 N–H and O–H groups in total. The van der Waals surface area contributed by atoms with Crippen LogP contribution < -0.4 is 5.32 Å². The summed E-state index contributed by atoms with van der Waals surface area (Å²) in [6.07, 6.45) is 8.79. The fraction of sp³-hybridized carbons (Fsp3) is 0.375. The molecule has 6 nitrogen and oxygen atoms in total. The number of pyridine rings is 1. The zero-order chi connectivity index (χ0) is 20.8. The van der Waals surface area contributed by atoms with Crippen molar-refractivity contribution in [1.82, 2.24) is 24.8 Å². The number of urea groups is 1. The van der Waals surface area contributed by atoms with E-state index in [9.17, 15) is 4.79 Å². The van der Waals surface area contributed by atoms with Gasteiger partial charge in [-0.2, -0.15) is 0 Å². The Kier molecular flexibility index (Phi) is 6.42. The number of nitrogens with zero attached hydrogens (tertiary/aromatic N) is 4. The van der Waals surface area contributed by atoms with Gasteiger partial charge in [0.1, 0.15) is 5.82 Å². The van der Waals surface area contributed by atoms with Crippen LogP contribution in [0.3, 0.4) is 0 Å². The topological polar surface area (TPSA) is 63.1 Å². The van der Waals surface area contributed by atoms with E-state index in [1.54, 1.807) is 6.20 Å². The Hall–Kier alpha value is -3.15. The molecule has 2 amide bonds. The van der Waals surface area contributed by atoms with E-state index in [1.807, 2.05) is 53.7 Å². The molecule has 0 atom stereocenters. The second-order valence-corrected chi connectivity index (χ2v) is 7.98. The number of benzene rings is 1. The van der Waals surface area contributed by atoms with Gasteiger partial charge < -0.3 is 14.8 Å². The van der Waals surface area contributed by atoms with E-state index < -0.39 is 0 Å². The number of nitrogens with one attached hydrogen (secondary N) is 1. The van der Waals surface area contributed by atoms with Crippen LogP contribution in [0.5, 0.6) is 0 Å². The molecule has 0 spiro atoms. The number of hydrogen-bond donors (Lipinski definition) is 1. The Labute approximate surface area is 178 Å². The van der Waals surface area contributed by atoms with E-state index in [0.717, 1.165) is 55.8 Å². The van der Waals surface area contributed by atoms with Crippen LogP contribution in [0, 0.1) is 12.8 Å². The summed E-state index contributed by atoms with van der Waals surface area (Å²) >= 11 is 0. The average Bonchev–Trinajstić information content (AvgIpc) is 3.18. The third kappa shape index (κ3) is 4.87. The second kappa shape index (κ2) is 9.57. The molecule has 3 aromatic rings. The lowest BCUT2D eigenvalue weighted by atomic mass is 9.93. The van der Waals surface area contributed by atoms with E-state index in [0.29, 0.717) is 12.5 Å². The molecule has 1 aromatic carbocycles. The van der Waals surface area contributed by atoms with E-state index in [4.69, 9.17) is 0 Å². The van der Waals surface area contributed by atoms with Gasteiger partial charge >= 0.3 is 6.03 Å².